The maximum atomic E-state index is 5.93. The van der Waals surface area contributed by atoms with Crippen molar-refractivity contribution in [3.8, 4) is 0 Å². The molecule has 3 aromatic rings. The summed E-state index contributed by atoms with van der Waals surface area (Å²) in [4.78, 5) is 16.7. The molecule has 0 saturated carbocycles. The molecule has 3 N–H and O–H groups in total. The van der Waals surface area contributed by atoms with E-state index in [2.05, 4.69) is 63.1 Å². The molecule has 0 unspecified atom stereocenters. The Bertz CT molecular complexity index is 1190. The standard InChI is InChI=1S/C23H25N5O/c1-3-7-19-16(5-1)18(11-25-19)21-22(17-6-2-4-8-20(17)26-21)27-29-10-9-28-14-23(15-28)12-24-13-23/h1-8,24,26-27H,9-15H2. The van der Waals surface area contributed by atoms with Crippen molar-refractivity contribution in [3.63, 3.8) is 0 Å². The number of aromatic nitrogens is 1. The maximum absolute atomic E-state index is 5.93. The molecule has 2 aromatic carbocycles. The lowest BCUT2D eigenvalue weighted by atomic mass is 9.74. The van der Waals surface area contributed by atoms with Crippen molar-refractivity contribution in [2.45, 2.75) is 0 Å². The van der Waals surface area contributed by atoms with Crippen molar-refractivity contribution in [2.75, 3.05) is 51.4 Å². The summed E-state index contributed by atoms with van der Waals surface area (Å²) in [5, 5.41) is 6.78. The molecular weight excluding hydrogens is 362 g/mol. The first-order valence-corrected chi connectivity index (χ1v) is 10.4. The van der Waals surface area contributed by atoms with Gasteiger partial charge in [-0.1, -0.05) is 36.4 Å². The largest absolute Gasteiger partial charge is 0.353 e. The van der Waals surface area contributed by atoms with Gasteiger partial charge in [0, 0.05) is 59.8 Å². The van der Waals surface area contributed by atoms with Crippen LogP contribution in [0, 0.1) is 5.41 Å². The number of para-hydroxylation sites is 2. The second-order valence-corrected chi connectivity index (χ2v) is 8.50. The summed E-state index contributed by atoms with van der Waals surface area (Å²) in [7, 11) is 0. The lowest BCUT2D eigenvalue weighted by Gasteiger charge is -2.56. The molecule has 3 aliphatic rings. The van der Waals surface area contributed by atoms with E-state index >= 15 is 0 Å². The van der Waals surface area contributed by atoms with Gasteiger partial charge in [-0.2, -0.15) is 0 Å². The zero-order valence-corrected chi connectivity index (χ0v) is 16.4. The van der Waals surface area contributed by atoms with Crippen LogP contribution in [0.3, 0.4) is 0 Å². The molecule has 2 saturated heterocycles. The summed E-state index contributed by atoms with van der Waals surface area (Å²) in [6.45, 7) is 7.04. The molecule has 1 spiro atoms. The Morgan fingerprint density at radius 2 is 1.90 bits per heavy atom. The summed E-state index contributed by atoms with van der Waals surface area (Å²) in [5.74, 6) is 0. The third kappa shape index (κ3) is 2.87. The number of aromatic amines is 1. The van der Waals surface area contributed by atoms with Crippen molar-refractivity contribution in [1.82, 2.24) is 15.2 Å². The van der Waals surface area contributed by atoms with Crippen LogP contribution in [0.4, 0.5) is 5.69 Å². The summed E-state index contributed by atoms with van der Waals surface area (Å²) in [6.07, 6.45) is 0. The molecule has 2 fully saturated rings. The number of fused-ring (bicyclic) bond motifs is 2. The number of hydrogen-bond acceptors (Lipinski definition) is 5. The van der Waals surface area contributed by atoms with Crippen LogP contribution in [0.2, 0.25) is 0 Å². The Morgan fingerprint density at radius 1 is 1.07 bits per heavy atom. The van der Waals surface area contributed by atoms with Gasteiger partial charge in [0.05, 0.1) is 29.9 Å². The van der Waals surface area contributed by atoms with Crippen molar-refractivity contribution >= 4 is 22.2 Å². The zero-order chi connectivity index (χ0) is 19.3. The molecule has 0 amide bonds. The number of nitrogens with one attached hydrogen (secondary N) is 3. The molecule has 6 rings (SSSR count). The van der Waals surface area contributed by atoms with Gasteiger partial charge >= 0.3 is 0 Å². The molecule has 148 valence electrons. The number of anilines is 1. The SMILES string of the molecule is c1ccc2c(c1)=NCC=2c1[nH]c2ccccc2c1NOCCN1CC2(CNC2)C1. The second-order valence-electron chi connectivity index (χ2n) is 8.50. The van der Waals surface area contributed by atoms with Gasteiger partial charge in [0.1, 0.15) is 0 Å². The van der Waals surface area contributed by atoms with Gasteiger partial charge in [-0.15, -0.1) is 0 Å². The van der Waals surface area contributed by atoms with Crippen LogP contribution in [0.15, 0.2) is 53.5 Å². The first-order chi connectivity index (χ1) is 14.3. The van der Waals surface area contributed by atoms with E-state index in [0.717, 1.165) is 34.2 Å². The van der Waals surface area contributed by atoms with Crippen molar-refractivity contribution in [3.05, 3.63) is 64.8 Å². The topological polar surface area (TPSA) is 64.7 Å². The molecule has 0 radical (unpaired) electrons. The highest BCUT2D eigenvalue weighted by atomic mass is 16.6. The van der Waals surface area contributed by atoms with Gasteiger partial charge in [0.15, 0.2) is 0 Å². The maximum Gasteiger partial charge on any atom is 0.0936 e. The first kappa shape index (κ1) is 17.2. The van der Waals surface area contributed by atoms with E-state index in [4.69, 9.17) is 9.83 Å². The number of hydrogen-bond donors (Lipinski definition) is 3. The van der Waals surface area contributed by atoms with Crippen LogP contribution < -0.4 is 21.4 Å². The molecule has 0 atom stereocenters. The van der Waals surface area contributed by atoms with E-state index in [9.17, 15) is 0 Å². The fourth-order valence-electron chi connectivity index (χ4n) is 4.86. The highest BCUT2D eigenvalue weighted by Gasteiger charge is 2.46. The van der Waals surface area contributed by atoms with Crippen LogP contribution in [-0.4, -0.2) is 55.8 Å². The van der Waals surface area contributed by atoms with Crippen LogP contribution in [0.25, 0.3) is 16.5 Å². The summed E-state index contributed by atoms with van der Waals surface area (Å²) < 4.78 is 0. The van der Waals surface area contributed by atoms with Crippen LogP contribution in [0.5, 0.6) is 0 Å². The first-order valence-electron chi connectivity index (χ1n) is 10.4. The highest BCUT2D eigenvalue weighted by molar-refractivity contribution is 5.99. The molecule has 1 aromatic heterocycles. The van der Waals surface area contributed by atoms with Gasteiger partial charge in [-0.05, 0) is 12.1 Å². The Labute approximate surface area is 169 Å². The normalized spacial score (nSPS) is 19.7. The van der Waals surface area contributed by atoms with Crippen LogP contribution in [-0.2, 0) is 4.84 Å². The predicted molar refractivity (Wildman–Crippen MR) is 114 cm³/mol. The van der Waals surface area contributed by atoms with Gasteiger partial charge in [-0.25, -0.2) is 0 Å². The van der Waals surface area contributed by atoms with Crippen LogP contribution in [0.1, 0.15) is 5.69 Å². The summed E-state index contributed by atoms with van der Waals surface area (Å²) >= 11 is 0. The third-order valence-electron chi connectivity index (χ3n) is 6.45. The monoisotopic (exact) mass is 387 g/mol. The molecule has 29 heavy (non-hydrogen) atoms. The zero-order valence-electron chi connectivity index (χ0n) is 16.4. The molecular formula is C23H25N5O. The van der Waals surface area contributed by atoms with Crippen molar-refractivity contribution in [2.24, 2.45) is 10.4 Å². The fraction of sp³-hybridized carbons (Fsp3) is 0.348. The molecule has 6 heteroatoms. The van der Waals surface area contributed by atoms with E-state index < -0.39 is 0 Å². The Hall–Kier alpha value is -2.67. The molecule has 4 heterocycles. The van der Waals surface area contributed by atoms with E-state index in [0.29, 0.717) is 18.6 Å². The lowest BCUT2D eigenvalue weighted by molar-refractivity contribution is -0.0485. The molecule has 0 bridgehead atoms. The quantitative estimate of drug-likeness (QED) is 0.440. The van der Waals surface area contributed by atoms with E-state index in [1.54, 1.807) is 0 Å². The van der Waals surface area contributed by atoms with Crippen molar-refractivity contribution < 1.29 is 4.84 Å². The van der Waals surface area contributed by atoms with E-state index in [1.807, 2.05) is 6.07 Å². The second kappa shape index (κ2) is 6.69. The lowest BCUT2D eigenvalue weighted by Crippen LogP contribution is -2.71. The number of H-pyrrole nitrogens is 1. The van der Waals surface area contributed by atoms with Gasteiger partial charge in [0.25, 0.3) is 0 Å². The summed E-state index contributed by atoms with van der Waals surface area (Å²) in [6, 6.07) is 16.7. The van der Waals surface area contributed by atoms with E-state index in [-0.39, 0.29) is 0 Å². The van der Waals surface area contributed by atoms with Gasteiger partial charge in [0.2, 0.25) is 0 Å². The van der Waals surface area contributed by atoms with Crippen LogP contribution >= 0.6 is 0 Å². The molecule has 0 aliphatic carbocycles. The molecule has 3 aliphatic heterocycles. The number of rotatable bonds is 6. The Kier molecular flexibility index (Phi) is 3.97. The predicted octanol–water partition coefficient (Wildman–Crippen LogP) is 1.25. The highest BCUT2D eigenvalue weighted by Crippen LogP contribution is 2.34. The van der Waals surface area contributed by atoms with Gasteiger partial charge < -0.3 is 10.3 Å². The minimum absolute atomic E-state index is 0.563. The number of benzene rings is 2. The molecule has 6 nitrogen and oxygen atoms in total. The number of nitrogens with zero attached hydrogens (tertiary/aromatic N) is 2. The smallest absolute Gasteiger partial charge is 0.0936 e. The Balaban J connectivity index is 1.23. The summed E-state index contributed by atoms with van der Waals surface area (Å²) in [5.41, 5.74) is 8.22. The Morgan fingerprint density at radius 3 is 2.76 bits per heavy atom. The third-order valence-corrected chi connectivity index (χ3v) is 6.45. The average Bonchev–Trinajstić information content (AvgIpc) is 3.26. The minimum atomic E-state index is 0.563. The van der Waals surface area contributed by atoms with E-state index in [1.165, 1.54) is 37.0 Å². The fourth-order valence-corrected chi connectivity index (χ4v) is 4.86. The number of likely N-dealkylation sites (tertiary alicyclic amines) is 1. The average molecular weight is 387 g/mol. The minimum Gasteiger partial charge on any atom is -0.353 e. The van der Waals surface area contributed by atoms with Gasteiger partial charge in [-0.3, -0.25) is 20.2 Å². The van der Waals surface area contributed by atoms with Crippen molar-refractivity contribution in [1.29, 1.82) is 0 Å².